The van der Waals surface area contributed by atoms with Crippen LogP contribution in [0.15, 0.2) is 17.1 Å². The van der Waals surface area contributed by atoms with Crippen molar-refractivity contribution >= 4 is 34.7 Å². The van der Waals surface area contributed by atoms with E-state index in [4.69, 9.17) is 16.3 Å². The summed E-state index contributed by atoms with van der Waals surface area (Å²) < 4.78 is 10.6. The Morgan fingerprint density at radius 3 is 2.55 bits per heavy atom. The number of rotatable bonds is 7. The van der Waals surface area contributed by atoms with Crippen molar-refractivity contribution in [3.05, 3.63) is 34.0 Å². The van der Waals surface area contributed by atoms with Gasteiger partial charge >= 0.3 is 0 Å². The first-order chi connectivity index (χ1) is 13.7. The molecule has 0 spiro atoms. The highest BCUT2D eigenvalue weighted by Crippen LogP contribution is 2.42. The molecular formula is C22H29ClN4OS. The van der Waals surface area contributed by atoms with Crippen molar-refractivity contribution in [2.45, 2.75) is 59.8 Å². The maximum Gasteiger partial charge on any atom is 0.218 e. The molecule has 2 rings (SSSR count). The lowest BCUT2D eigenvalue weighted by Crippen LogP contribution is -2.21. The molecular weight excluding hydrogens is 404 g/mol. The zero-order valence-corrected chi connectivity index (χ0v) is 19.8. The van der Waals surface area contributed by atoms with Gasteiger partial charge < -0.3 is 10.1 Å². The summed E-state index contributed by atoms with van der Waals surface area (Å²) in [4.78, 5) is 4.30. The van der Waals surface area contributed by atoms with E-state index in [1.54, 1.807) is 7.05 Å². The average molecular weight is 433 g/mol. The maximum absolute atomic E-state index is 9.75. The summed E-state index contributed by atoms with van der Waals surface area (Å²) in [5.74, 6) is 1.67. The third-order valence-corrected chi connectivity index (χ3v) is 6.46. The van der Waals surface area contributed by atoms with Gasteiger partial charge in [-0.05, 0) is 37.5 Å². The Balaban J connectivity index is 2.38. The summed E-state index contributed by atoms with van der Waals surface area (Å²) in [6.45, 7) is 12.5. The molecule has 156 valence electrons. The average Bonchev–Trinajstić information content (AvgIpc) is 3.11. The summed E-state index contributed by atoms with van der Waals surface area (Å²) in [6.07, 6.45) is 1.80. The van der Waals surface area contributed by atoms with Crippen LogP contribution in [0.2, 0.25) is 5.02 Å². The van der Waals surface area contributed by atoms with E-state index in [1.807, 2.05) is 19.1 Å². The monoisotopic (exact) mass is 432 g/mol. The fraction of sp³-hybridized carbons (Fsp3) is 0.500. The molecule has 0 bridgehead atoms. The molecule has 5 nitrogen and oxygen atoms in total. The number of aromatic nitrogens is 1. The summed E-state index contributed by atoms with van der Waals surface area (Å²) in [6, 6.07) is 5.98. The van der Waals surface area contributed by atoms with Crippen molar-refractivity contribution in [3.8, 4) is 16.9 Å². The zero-order chi connectivity index (χ0) is 21.8. The second-order valence-corrected chi connectivity index (χ2v) is 8.80. The van der Waals surface area contributed by atoms with Gasteiger partial charge in [0.15, 0.2) is 0 Å². The van der Waals surface area contributed by atoms with Crippen LogP contribution in [0.3, 0.4) is 0 Å². The summed E-state index contributed by atoms with van der Waals surface area (Å²) >= 11 is 7.70. The first-order valence-electron chi connectivity index (χ1n) is 9.82. The van der Waals surface area contributed by atoms with E-state index >= 15 is 0 Å². The molecule has 1 aromatic carbocycles. The molecule has 0 aliphatic carbocycles. The molecule has 0 aliphatic heterocycles. The largest absolute Gasteiger partial charge is 0.442 e. The third-order valence-electron chi connectivity index (χ3n) is 5.44. The Labute approximate surface area is 182 Å². The predicted octanol–water partition coefficient (Wildman–Crippen LogP) is 6.94. The van der Waals surface area contributed by atoms with Crippen molar-refractivity contribution in [2.75, 3.05) is 12.4 Å². The SMILES string of the molecule is CCC(C)(CC)c1nsc(Oc2cc(C)c(NC(=NC)C(C)C)cc2Cl)c1C#N. The van der Waals surface area contributed by atoms with Gasteiger partial charge in [-0.25, -0.2) is 0 Å². The number of nitriles is 1. The van der Waals surface area contributed by atoms with E-state index in [-0.39, 0.29) is 11.3 Å². The summed E-state index contributed by atoms with van der Waals surface area (Å²) in [5, 5.41) is 14.0. The molecule has 0 saturated heterocycles. The molecule has 0 unspecified atom stereocenters. The maximum atomic E-state index is 9.75. The number of anilines is 1. The molecule has 0 saturated carbocycles. The number of hydrogen-bond donors (Lipinski definition) is 1. The van der Waals surface area contributed by atoms with Crippen LogP contribution in [-0.4, -0.2) is 17.3 Å². The van der Waals surface area contributed by atoms with Gasteiger partial charge in [0.25, 0.3) is 0 Å². The third kappa shape index (κ3) is 4.91. The van der Waals surface area contributed by atoms with Gasteiger partial charge in [-0.2, -0.15) is 9.64 Å². The number of ether oxygens (including phenoxy) is 1. The van der Waals surface area contributed by atoms with Crippen LogP contribution in [0, 0.1) is 24.2 Å². The number of amidine groups is 1. The molecule has 2 aromatic rings. The smallest absolute Gasteiger partial charge is 0.218 e. The van der Waals surface area contributed by atoms with Crippen LogP contribution in [0.25, 0.3) is 0 Å². The first kappa shape index (κ1) is 23.2. The normalized spacial score (nSPS) is 12.2. The van der Waals surface area contributed by atoms with Gasteiger partial charge in [0.2, 0.25) is 5.06 Å². The van der Waals surface area contributed by atoms with Crippen molar-refractivity contribution in [2.24, 2.45) is 10.9 Å². The van der Waals surface area contributed by atoms with Gasteiger partial charge in [-0.15, -0.1) is 0 Å². The molecule has 0 radical (unpaired) electrons. The van der Waals surface area contributed by atoms with Crippen LogP contribution >= 0.6 is 23.1 Å². The number of benzene rings is 1. The van der Waals surface area contributed by atoms with E-state index < -0.39 is 0 Å². The Kier molecular flexibility index (Phi) is 7.67. The molecule has 1 aromatic heterocycles. The minimum atomic E-state index is -0.149. The minimum Gasteiger partial charge on any atom is -0.442 e. The lowest BCUT2D eigenvalue weighted by molar-refractivity contribution is 0.426. The quantitative estimate of drug-likeness (QED) is 0.379. The van der Waals surface area contributed by atoms with Gasteiger partial charge in [0.05, 0.1) is 10.7 Å². The highest BCUT2D eigenvalue weighted by molar-refractivity contribution is 7.08. The summed E-state index contributed by atoms with van der Waals surface area (Å²) in [7, 11) is 1.77. The minimum absolute atomic E-state index is 0.149. The number of halogens is 1. The van der Waals surface area contributed by atoms with Gasteiger partial charge in [0, 0.05) is 35.6 Å². The second kappa shape index (κ2) is 9.60. The Morgan fingerprint density at radius 1 is 1.38 bits per heavy atom. The van der Waals surface area contributed by atoms with Crippen molar-refractivity contribution in [1.82, 2.24) is 4.37 Å². The topological polar surface area (TPSA) is 70.3 Å². The van der Waals surface area contributed by atoms with Crippen molar-refractivity contribution in [1.29, 1.82) is 5.26 Å². The molecule has 0 amide bonds. The standard InChI is InChI=1S/C22H29ClN4OS/c1-8-22(6,9-2)19-15(12-24)21(29-27-19)28-18-10-14(5)17(11-16(18)23)26-20(25-7)13(3)4/h10-11,13H,8-9H2,1-7H3,(H,25,26). The number of hydrogen-bond acceptors (Lipinski definition) is 5. The first-order valence-corrected chi connectivity index (χ1v) is 11.0. The molecule has 7 heteroatoms. The summed E-state index contributed by atoms with van der Waals surface area (Å²) in [5.41, 5.74) is 3.01. The molecule has 1 heterocycles. The van der Waals surface area contributed by atoms with Crippen molar-refractivity contribution < 1.29 is 4.74 Å². The fourth-order valence-corrected chi connectivity index (χ4v) is 4.05. The lowest BCUT2D eigenvalue weighted by Gasteiger charge is -2.24. The van der Waals surface area contributed by atoms with Crippen LogP contribution in [-0.2, 0) is 5.41 Å². The van der Waals surface area contributed by atoms with E-state index in [2.05, 4.69) is 55.4 Å². The number of nitrogens with one attached hydrogen (secondary N) is 1. The lowest BCUT2D eigenvalue weighted by atomic mass is 9.80. The number of aliphatic imine (C=N–C) groups is 1. The second-order valence-electron chi connectivity index (χ2n) is 7.66. The highest BCUT2D eigenvalue weighted by Gasteiger charge is 2.31. The predicted molar refractivity (Wildman–Crippen MR) is 123 cm³/mol. The van der Waals surface area contributed by atoms with Gasteiger partial charge in [-0.1, -0.05) is 46.2 Å². The molecule has 29 heavy (non-hydrogen) atoms. The number of nitrogens with zero attached hydrogens (tertiary/aromatic N) is 3. The molecule has 0 fully saturated rings. The van der Waals surface area contributed by atoms with E-state index in [9.17, 15) is 5.26 Å². The van der Waals surface area contributed by atoms with Crippen LogP contribution in [0.4, 0.5) is 5.69 Å². The number of aryl methyl sites for hydroxylation is 1. The molecule has 1 N–H and O–H groups in total. The van der Waals surface area contributed by atoms with Crippen molar-refractivity contribution in [3.63, 3.8) is 0 Å². The van der Waals surface area contributed by atoms with Crippen LogP contribution in [0.1, 0.15) is 64.3 Å². The Morgan fingerprint density at radius 2 is 2.03 bits per heavy atom. The molecule has 0 atom stereocenters. The zero-order valence-electron chi connectivity index (χ0n) is 18.2. The molecule has 0 aliphatic rings. The van der Waals surface area contributed by atoms with Gasteiger partial charge in [-0.3, -0.25) is 4.99 Å². The van der Waals surface area contributed by atoms with Gasteiger partial charge in [0.1, 0.15) is 23.2 Å². The van der Waals surface area contributed by atoms with Crippen LogP contribution in [0.5, 0.6) is 10.8 Å². The van der Waals surface area contributed by atoms with E-state index in [0.717, 1.165) is 35.6 Å². The Bertz CT molecular complexity index is 939. The van der Waals surface area contributed by atoms with Crippen LogP contribution < -0.4 is 10.1 Å². The fourth-order valence-electron chi connectivity index (χ4n) is 3.00. The highest BCUT2D eigenvalue weighted by atomic mass is 35.5. The van der Waals surface area contributed by atoms with E-state index in [0.29, 0.717) is 21.4 Å². The Hall–Kier alpha value is -2.10. The van der Waals surface area contributed by atoms with E-state index in [1.165, 1.54) is 11.5 Å².